The van der Waals surface area contributed by atoms with Gasteiger partial charge in [0, 0.05) is 75.0 Å². The molecule has 1 fully saturated rings. The van der Waals surface area contributed by atoms with Gasteiger partial charge in [0.25, 0.3) is 11.8 Å². The number of nitrogens with zero attached hydrogens (tertiary/aromatic N) is 8. The Morgan fingerprint density at radius 2 is 1.79 bits per heavy atom. The number of likely N-dealkylation sites (N-methyl/N-ethyl adjacent to an activating group) is 1. The summed E-state index contributed by atoms with van der Waals surface area (Å²) in [5.41, 5.74) is 5.38. The van der Waals surface area contributed by atoms with Gasteiger partial charge in [-0.3, -0.25) is 9.59 Å². The summed E-state index contributed by atoms with van der Waals surface area (Å²) in [5, 5.41) is 5.28. The molecular weight excluding hydrogens is 494 g/mol. The minimum absolute atomic E-state index is 0.00100. The van der Waals surface area contributed by atoms with Crippen LogP contribution in [0.1, 0.15) is 32.2 Å². The number of hydrogen-bond donors (Lipinski definition) is 1. The molecule has 5 aromatic heterocycles. The fourth-order valence-electron chi connectivity index (χ4n) is 5.60. The zero-order valence-electron chi connectivity index (χ0n) is 22.0. The quantitative estimate of drug-likeness (QED) is 0.389. The number of carbonyl (C=O) groups excluding carboxylic acids is 2. The number of hydrogen-bond acceptors (Lipinski definition) is 6. The van der Waals surface area contributed by atoms with Gasteiger partial charge < -0.3 is 24.3 Å². The molecule has 2 amide bonds. The molecule has 11 nitrogen and oxygen atoms in total. The summed E-state index contributed by atoms with van der Waals surface area (Å²) in [6.07, 6.45) is 9.07. The molecule has 198 valence electrons. The molecule has 2 aliphatic rings. The van der Waals surface area contributed by atoms with Crippen molar-refractivity contribution in [2.45, 2.75) is 20.0 Å². The van der Waals surface area contributed by atoms with Gasteiger partial charge in [0.2, 0.25) is 0 Å². The van der Waals surface area contributed by atoms with Crippen molar-refractivity contribution in [3.05, 3.63) is 71.8 Å². The lowest BCUT2D eigenvalue weighted by Crippen LogP contribution is -2.47. The Labute approximate surface area is 224 Å². The van der Waals surface area contributed by atoms with Crippen LogP contribution in [0.4, 0.5) is 0 Å². The lowest BCUT2D eigenvalue weighted by molar-refractivity contribution is 0.0665. The fraction of sp³-hybridized carbons (Fsp3) is 0.321. The van der Waals surface area contributed by atoms with E-state index in [9.17, 15) is 9.59 Å². The predicted molar refractivity (Wildman–Crippen MR) is 145 cm³/mol. The van der Waals surface area contributed by atoms with Crippen LogP contribution in [0.15, 0.2) is 49.2 Å². The van der Waals surface area contributed by atoms with E-state index in [-0.39, 0.29) is 11.8 Å². The molecule has 0 saturated carbocycles. The normalized spacial score (nSPS) is 16.3. The minimum Gasteiger partial charge on any atom is -0.346 e. The van der Waals surface area contributed by atoms with Gasteiger partial charge in [-0.15, -0.1) is 0 Å². The maximum absolute atomic E-state index is 13.4. The highest BCUT2D eigenvalue weighted by molar-refractivity contribution is 6.03. The summed E-state index contributed by atoms with van der Waals surface area (Å²) in [6.45, 7) is 6.93. The van der Waals surface area contributed by atoms with Gasteiger partial charge in [0.1, 0.15) is 11.5 Å². The van der Waals surface area contributed by atoms with Crippen LogP contribution in [-0.2, 0) is 13.1 Å². The standard InChI is InChI=1S/C28H29N9O2/c1-18-16-35-9-10-36(17-25(35)32-18)27(38)20-11-21-22(14-30-26(21)29-13-20)19-3-4-37-24(12-19)23(15-31-37)28(39)34-7-5-33(2)6-8-34/h3-4,11-16H,5-10,17H2,1-2H3,(H,29,30). The molecule has 39 heavy (non-hydrogen) atoms. The SMILES string of the molecule is Cc1cn2c(n1)CN(C(=O)c1cnc3[nH]cc(-c4ccn5ncc(C(=O)N6CCN(C)CC6)c5c4)c3c1)CC2. The van der Waals surface area contributed by atoms with Crippen LogP contribution in [0.25, 0.3) is 27.7 Å². The van der Waals surface area contributed by atoms with Crippen LogP contribution < -0.4 is 0 Å². The third-order valence-electron chi connectivity index (χ3n) is 7.84. The van der Waals surface area contributed by atoms with E-state index in [0.717, 1.165) is 53.2 Å². The van der Waals surface area contributed by atoms with Gasteiger partial charge >= 0.3 is 0 Å². The Balaban J connectivity index is 1.20. The molecule has 0 unspecified atom stereocenters. The summed E-state index contributed by atoms with van der Waals surface area (Å²) in [7, 11) is 2.07. The van der Waals surface area contributed by atoms with Crippen LogP contribution in [-0.4, -0.2) is 95.4 Å². The highest BCUT2D eigenvalue weighted by atomic mass is 16.2. The third-order valence-corrected chi connectivity index (χ3v) is 7.84. The van der Waals surface area contributed by atoms with Crippen molar-refractivity contribution < 1.29 is 9.59 Å². The number of carbonyl (C=O) groups is 2. The molecule has 0 spiro atoms. The Hall–Kier alpha value is -4.51. The van der Waals surface area contributed by atoms with Gasteiger partial charge in [-0.05, 0) is 37.7 Å². The molecule has 5 aromatic rings. The number of nitrogens with one attached hydrogen (secondary N) is 1. The minimum atomic E-state index is -0.0604. The molecule has 2 aliphatic heterocycles. The van der Waals surface area contributed by atoms with E-state index >= 15 is 0 Å². The van der Waals surface area contributed by atoms with E-state index in [4.69, 9.17) is 0 Å². The second-order valence-corrected chi connectivity index (χ2v) is 10.4. The van der Waals surface area contributed by atoms with Crippen molar-refractivity contribution in [1.82, 2.24) is 43.8 Å². The van der Waals surface area contributed by atoms with Crippen LogP contribution in [0.5, 0.6) is 0 Å². The van der Waals surface area contributed by atoms with Gasteiger partial charge in [-0.25, -0.2) is 14.5 Å². The van der Waals surface area contributed by atoms with Crippen molar-refractivity contribution in [2.75, 3.05) is 39.8 Å². The van der Waals surface area contributed by atoms with Crippen molar-refractivity contribution in [1.29, 1.82) is 0 Å². The predicted octanol–water partition coefficient (Wildman–Crippen LogP) is 2.43. The topological polar surface area (TPSA) is 108 Å². The number of aromatic nitrogens is 6. The van der Waals surface area contributed by atoms with Crippen LogP contribution in [0.2, 0.25) is 0 Å². The molecular formula is C28H29N9O2. The monoisotopic (exact) mass is 523 g/mol. The molecule has 7 heterocycles. The zero-order chi connectivity index (χ0) is 26.7. The number of rotatable bonds is 3. The van der Waals surface area contributed by atoms with Crippen LogP contribution in [0, 0.1) is 6.92 Å². The molecule has 11 heteroatoms. The summed E-state index contributed by atoms with van der Waals surface area (Å²) in [6, 6.07) is 5.86. The third kappa shape index (κ3) is 4.06. The molecule has 0 aromatic carbocycles. The first-order valence-electron chi connectivity index (χ1n) is 13.2. The number of H-pyrrole nitrogens is 1. The molecule has 0 aliphatic carbocycles. The lowest BCUT2D eigenvalue weighted by atomic mass is 10.0. The van der Waals surface area contributed by atoms with Gasteiger partial charge in [-0.1, -0.05) is 0 Å². The van der Waals surface area contributed by atoms with Crippen molar-refractivity contribution in [3.8, 4) is 11.1 Å². The number of pyridine rings is 2. The Bertz CT molecular complexity index is 1740. The number of piperazine rings is 1. The summed E-state index contributed by atoms with van der Waals surface area (Å²) < 4.78 is 3.84. The van der Waals surface area contributed by atoms with E-state index in [1.807, 2.05) is 53.5 Å². The van der Waals surface area contributed by atoms with E-state index in [1.54, 1.807) is 16.9 Å². The van der Waals surface area contributed by atoms with E-state index in [2.05, 4.69) is 36.6 Å². The molecule has 7 rings (SSSR count). The van der Waals surface area contributed by atoms with Crippen LogP contribution >= 0.6 is 0 Å². The van der Waals surface area contributed by atoms with E-state index < -0.39 is 0 Å². The number of amides is 2. The van der Waals surface area contributed by atoms with Crippen LogP contribution in [0.3, 0.4) is 0 Å². The second kappa shape index (κ2) is 9.05. The maximum Gasteiger partial charge on any atom is 0.257 e. The first-order chi connectivity index (χ1) is 18.9. The molecule has 1 saturated heterocycles. The summed E-state index contributed by atoms with van der Waals surface area (Å²) >= 11 is 0. The largest absolute Gasteiger partial charge is 0.346 e. The molecule has 0 bridgehead atoms. The summed E-state index contributed by atoms with van der Waals surface area (Å²) in [4.78, 5) is 45.1. The first kappa shape index (κ1) is 23.6. The van der Waals surface area contributed by atoms with Crippen molar-refractivity contribution >= 4 is 28.4 Å². The highest BCUT2D eigenvalue weighted by Crippen LogP contribution is 2.30. The average Bonchev–Trinajstić information content (AvgIpc) is 3.67. The first-order valence-corrected chi connectivity index (χ1v) is 13.2. The van der Waals surface area contributed by atoms with Gasteiger partial charge in [-0.2, -0.15) is 5.10 Å². The molecule has 1 N–H and O–H groups in total. The smallest absolute Gasteiger partial charge is 0.257 e. The average molecular weight is 524 g/mol. The Morgan fingerprint density at radius 1 is 0.974 bits per heavy atom. The number of imidazole rings is 1. The fourth-order valence-corrected chi connectivity index (χ4v) is 5.60. The second-order valence-electron chi connectivity index (χ2n) is 10.4. The highest BCUT2D eigenvalue weighted by Gasteiger charge is 2.25. The van der Waals surface area contributed by atoms with Crippen molar-refractivity contribution in [3.63, 3.8) is 0 Å². The summed E-state index contributed by atoms with van der Waals surface area (Å²) in [5.74, 6) is 0.843. The number of aromatic amines is 1. The zero-order valence-corrected chi connectivity index (χ0v) is 22.0. The van der Waals surface area contributed by atoms with Gasteiger partial charge in [0.15, 0.2) is 0 Å². The lowest BCUT2D eigenvalue weighted by Gasteiger charge is -2.32. The number of fused-ring (bicyclic) bond motifs is 3. The molecule has 0 radical (unpaired) electrons. The molecule has 0 atom stereocenters. The Morgan fingerprint density at radius 3 is 2.64 bits per heavy atom. The number of aryl methyl sites for hydroxylation is 1. The van der Waals surface area contributed by atoms with E-state index in [0.29, 0.717) is 43.0 Å². The van der Waals surface area contributed by atoms with Gasteiger partial charge in [0.05, 0.1) is 35.1 Å². The van der Waals surface area contributed by atoms with E-state index in [1.165, 1.54) is 0 Å². The van der Waals surface area contributed by atoms with Crippen molar-refractivity contribution in [2.24, 2.45) is 0 Å². The Kier molecular flexibility index (Phi) is 5.48. The maximum atomic E-state index is 13.4.